The van der Waals surface area contributed by atoms with Gasteiger partial charge in [-0.1, -0.05) is 22.0 Å². The van der Waals surface area contributed by atoms with Gasteiger partial charge >= 0.3 is 5.97 Å². The van der Waals surface area contributed by atoms with Gasteiger partial charge in [0, 0.05) is 4.47 Å². The molecule has 1 aromatic carbocycles. The van der Waals surface area contributed by atoms with Crippen LogP contribution in [0, 0.1) is 0 Å². The van der Waals surface area contributed by atoms with E-state index in [-0.39, 0.29) is 5.82 Å². The van der Waals surface area contributed by atoms with Crippen molar-refractivity contribution < 1.29 is 14.6 Å². The number of aromatic nitrogens is 3. The maximum atomic E-state index is 11.3. The topological polar surface area (TPSA) is 77.2 Å². The van der Waals surface area contributed by atoms with Gasteiger partial charge < -0.3 is 9.84 Å². The summed E-state index contributed by atoms with van der Waals surface area (Å²) >= 11 is 3.38. The third-order valence-electron chi connectivity index (χ3n) is 2.56. The quantitative estimate of drug-likeness (QED) is 0.872. The second kappa shape index (κ2) is 5.50. The minimum Gasteiger partial charge on any atom is -0.463 e. The molecule has 0 bridgehead atoms. The smallest absolute Gasteiger partial charge is 0.377 e. The molecule has 1 atom stereocenters. The lowest BCUT2D eigenvalue weighted by molar-refractivity contribution is 0.0587. The van der Waals surface area contributed by atoms with Crippen molar-refractivity contribution in [3.63, 3.8) is 0 Å². The first-order valence-corrected chi connectivity index (χ1v) is 6.30. The molecule has 100 valence electrons. The summed E-state index contributed by atoms with van der Waals surface area (Å²) in [5, 5.41) is 13.6. The number of hydrogen-bond acceptors (Lipinski definition) is 5. The molecule has 0 aliphatic carbocycles. The maximum absolute atomic E-state index is 11.3. The zero-order valence-corrected chi connectivity index (χ0v) is 12.0. The molecule has 6 nitrogen and oxygen atoms in total. The van der Waals surface area contributed by atoms with E-state index < -0.39 is 12.1 Å². The Labute approximate surface area is 118 Å². The molecule has 2 rings (SSSR count). The van der Waals surface area contributed by atoms with Gasteiger partial charge in [0.05, 0.1) is 18.9 Å². The Balaban J connectivity index is 2.35. The molecule has 0 amide bonds. The van der Waals surface area contributed by atoms with Crippen LogP contribution in [0.3, 0.4) is 0 Å². The third-order valence-corrected chi connectivity index (χ3v) is 3.25. The fraction of sp³-hybridized carbons (Fsp3) is 0.250. The molecule has 1 heterocycles. The van der Waals surface area contributed by atoms with Crippen molar-refractivity contribution in [2.75, 3.05) is 7.11 Å². The average Bonchev–Trinajstić information content (AvgIpc) is 2.86. The van der Waals surface area contributed by atoms with Crippen LogP contribution in [0.15, 0.2) is 29.0 Å². The molecule has 0 spiro atoms. The number of ether oxygens (including phenoxy) is 1. The van der Waals surface area contributed by atoms with Crippen molar-refractivity contribution in [3.05, 3.63) is 40.4 Å². The number of halogens is 1. The summed E-state index contributed by atoms with van der Waals surface area (Å²) in [5.41, 5.74) is 1.50. The lowest BCUT2D eigenvalue weighted by Crippen LogP contribution is -2.05. The molecule has 2 aromatic rings. The number of hydrogen-bond donors (Lipinski definition) is 1. The molecule has 0 radical (unpaired) electrons. The van der Waals surface area contributed by atoms with E-state index in [0.29, 0.717) is 0 Å². The fourth-order valence-corrected chi connectivity index (χ4v) is 2.27. The third kappa shape index (κ3) is 2.82. The lowest BCUT2D eigenvalue weighted by atomic mass is 10.1. The Morgan fingerprint density at radius 2 is 2.26 bits per heavy atom. The van der Waals surface area contributed by atoms with Crippen LogP contribution in [0.5, 0.6) is 0 Å². The molecule has 19 heavy (non-hydrogen) atoms. The normalized spacial score (nSPS) is 12.2. The van der Waals surface area contributed by atoms with Crippen molar-refractivity contribution in [1.29, 1.82) is 0 Å². The fourth-order valence-electron chi connectivity index (χ4n) is 1.57. The summed E-state index contributed by atoms with van der Waals surface area (Å²) in [7, 11) is 1.27. The highest BCUT2D eigenvalue weighted by molar-refractivity contribution is 9.10. The summed E-state index contributed by atoms with van der Waals surface area (Å²) in [6.07, 6.45) is 0.862. The Morgan fingerprint density at radius 1 is 1.53 bits per heavy atom. The summed E-state index contributed by atoms with van der Waals surface area (Å²) in [6, 6.07) is 5.35. The van der Waals surface area contributed by atoms with E-state index in [1.807, 2.05) is 0 Å². The SMILES string of the molecule is COC(=O)c1ncn(-c2ccc([C@H](C)O)c(Br)c2)n1. The van der Waals surface area contributed by atoms with E-state index in [1.165, 1.54) is 18.1 Å². The molecule has 0 aliphatic heterocycles. The van der Waals surface area contributed by atoms with Crippen molar-refractivity contribution in [2.24, 2.45) is 0 Å². The second-order valence-electron chi connectivity index (χ2n) is 3.89. The van der Waals surface area contributed by atoms with Gasteiger partial charge in [0.15, 0.2) is 0 Å². The number of methoxy groups -OCH3 is 1. The van der Waals surface area contributed by atoms with Crippen molar-refractivity contribution >= 4 is 21.9 Å². The predicted molar refractivity (Wildman–Crippen MR) is 71.0 cm³/mol. The maximum Gasteiger partial charge on any atom is 0.377 e. The number of aliphatic hydroxyl groups is 1. The second-order valence-corrected chi connectivity index (χ2v) is 4.74. The van der Waals surface area contributed by atoms with E-state index in [4.69, 9.17) is 0 Å². The summed E-state index contributed by atoms with van der Waals surface area (Å²) in [5.74, 6) is -0.586. The molecular weight excluding hydrogens is 314 g/mol. The minimum absolute atomic E-state index is 0.00164. The molecule has 1 aromatic heterocycles. The highest BCUT2D eigenvalue weighted by Gasteiger charge is 2.13. The number of carbonyl (C=O) groups is 1. The molecule has 0 saturated carbocycles. The first-order valence-electron chi connectivity index (χ1n) is 5.50. The van der Waals surface area contributed by atoms with Gasteiger partial charge in [-0.2, -0.15) is 0 Å². The monoisotopic (exact) mass is 325 g/mol. The molecular formula is C12H12BrN3O3. The number of esters is 1. The predicted octanol–water partition coefficient (Wildman–Crippen LogP) is 1.87. The van der Waals surface area contributed by atoms with Crippen molar-refractivity contribution in [1.82, 2.24) is 14.8 Å². The Morgan fingerprint density at radius 3 is 2.84 bits per heavy atom. The van der Waals surface area contributed by atoms with Crippen LogP contribution < -0.4 is 0 Å². The number of carbonyl (C=O) groups excluding carboxylic acids is 1. The number of rotatable bonds is 3. The summed E-state index contributed by atoms with van der Waals surface area (Å²) in [6.45, 7) is 1.69. The van der Waals surface area contributed by atoms with Gasteiger partial charge in [0.25, 0.3) is 5.82 Å². The largest absolute Gasteiger partial charge is 0.463 e. The van der Waals surface area contributed by atoms with Gasteiger partial charge in [-0.3, -0.25) is 0 Å². The Hall–Kier alpha value is -1.73. The molecule has 0 saturated heterocycles. The Bertz CT molecular complexity index is 610. The molecule has 1 N–H and O–H groups in total. The summed E-state index contributed by atoms with van der Waals surface area (Å²) in [4.78, 5) is 15.1. The average molecular weight is 326 g/mol. The number of aliphatic hydroxyl groups excluding tert-OH is 1. The molecule has 0 aliphatic rings. The van der Waals surface area contributed by atoms with Crippen molar-refractivity contribution in [3.8, 4) is 5.69 Å². The van der Waals surface area contributed by atoms with E-state index in [1.54, 1.807) is 25.1 Å². The van der Waals surface area contributed by atoms with Gasteiger partial charge in [0.2, 0.25) is 0 Å². The van der Waals surface area contributed by atoms with Crippen LogP contribution in [0.4, 0.5) is 0 Å². The number of nitrogens with zero attached hydrogens (tertiary/aromatic N) is 3. The van der Waals surface area contributed by atoms with E-state index in [9.17, 15) is 9.90 Å². The molecule has 0 fully saturated rings. The summed E-state index contributed by atoms with van der Waals surface area (Å²) < 4.78 is 6.76. The standard InChI is InChI=1S/C12H12BrN3O3/c1-7(17)9-4-3-8(5-10(9)13)16-6-14-11(15-16)12(18)19-2/h3-7,17H,1-2H3/t7-/m0/s1. The minimum atomic E-state index is -0.585. The van der Waals surface area contributed by atoms with E-state index >= 15 is 0 Å². The highest BCUT2D eigenvalue weighted by Crippen LogP contribution is 2.25. The van der Waals surface area contributed by atoms with E-state index in [2.05, 4.69) is 30.7 Å². The highest BCUT2D eigenvalue weighted by atomic mass is 79.9. The van der Waals surface area contributed by atoms with Crippen LogP contribution in [-0.4, -0.2) is 33.0 Å². The van der Waals surface area contributed by atoms with Gasteiger partial charge in [-0.15, -0.1) is 5.10 Å². The first kappa shape index (κ1) is 13.7. The molecule has 0 unspecified atom stereocenters. The number of benzene rings is 1. The van der Waals surface area contributed by atoms with Crippen LogP contribution in [-0.2, 0) is 4.74 Å². The van der Waals surface area contributed by atoms with Gasteiger partial charge in [0.1, 0.15) is 6.33 Å². The van der Waals surface area contributed by atoms with Crippen molar-refractivity contribution in [2.45, 2.75) is 13.0 Å². The lowest BCUT2D eigenvalue weighted by Gasteiger charge is -2.09. The van der Waals surface area contributed by atoms with Crippen LogP contribution >= 0.6 is 15.9 Å². The zero-order chi connectivity index (χ0) is 14.0. The van der Waals surface area contributed by atoms with Crippen LogP contribution in [0.25, 0.3) is 5.69 Å². The zero-order valence-electron chi connectivity index (χ0n) is 10.4. The van der Waals surface area contributed by atoms with E-state index in [0.717, 1.165) is 15.7 Å². The van der Waals surface area contributed by atoms with Gasteiger partial charge in [-0.05, 0) is 24.6 Å². The van der Waals surface area contributed by atoms with Crippen LogP contribution in [0.2, 0.25) is 0 Å². The van der Waals surface area contributed by atoms with Gasteiger partial charge in [-0.25, -0.2) is 14.5 Å². The molecule has 7 heteroatoms. The Kier molecular flexibility index (Phi) is 3.96. The first-order chi connectivity index (χ1) is 9.02. The van der Waals surface area contributed by atoms with Crippen LogP contribution in [0.1, 0.15) is 29.2 Å².